The van der Waals surface area contributed by atoms with Crippen LogP contribution in [0.2, 0.25) is 0 Å². The van der Waals surface area contributed by atoms with E-state index in [9.17, 15) is 9.50 Å². The fourth-order valence-electron chi connectivity index (χ4n) is 3.12. The van der Waals surface area contributed by atoms with E-state index < -0.39 is 0 Å². The molecule has 0 saturated carbocycles. The summed E-state index contributed by atoms with van der Waals surface area (Å²) in [6.07, 6.45) is 2.12. The first-order valence-corrected chi connectivity index (χ1v) is 12.1. The third kappa shape index (κ3) is 7.55. The van der Waals surface area contributed by atoms with Crippen molar-refractivity contribution in [3.05, 3.63) is 82.3 Å². The fourth-order valence-corrected chi connectivity index (χ4v) is 4.73. The van der Waals surface area contributed by atoms with Gasteiger partial charge in [0, 0.05) is 47.2 Å². The Morgan fingerprint density at radius 3 is 2.58 bits per heavy atom. The minimum atomic E-state index is -0.227. The monoisotopic (exact) mass is 532 g/mol. The molecule has 33 heavy (non-hydrogen) atoms. The Hall–Kier alpha value is -2.42. The molecule has 2 aromatic rings. The maximum absolute atomic E-state index is 14.0. The van der Waals surface area contributed by atoms with Crippen LogP contribution in [0.1, 0.15) is 37.0 Å². The second kappa shape index (κ2) is 12.7. The SMILES string of the molecule is C/C=C(\C)NC(=N)SC(=N)/C(CCO)=C(\Br)c1ccccc1N(C)Cc1ccc(C)c(F)c1. The molecule has 0 spiro atoms. The Bertz CT molecular complexity index is 1080. The molecule has 0 atom stereocenters. The number of nitrogens with zero attached hydrogens (tertiary/aromatic N) is 1. The fraction of sp³-hybridized carbons (Fsp3) is 0.280. The minimum absolute atomic E-state index is 0.122. The number of aliphatic hydroxyl groups excluding tert-OH is 1. The molecule has 0 heterocycles. The molecular weight excluding hydrogens is 503 g/mol. The maximum atomic E-state index is 14.0. The largest absolute Gasteiger partial charge is 0.396 e. The second-order valence-electron chi connectivity index (χ2n) is 7.58. The standard InChI is InChI=1S/C25H30BrFN4OS/c1-5-17(3)30-25(29)33-24(28)20(12-13-32)23(26)19-8-6-7-9-22(19)31(4)15-18-11-10-16(2)21(27)14-18/h5-11,14,28,32H,12-13,15H2,1-4H3,(H2,29,30)/b17-5+,23-20-,28-24?. The molecule has 0 unspecified atom stereocenters. The number of halogens is 2. The number of thioether (sulfide) groups is 1. The lowest BCUT2D eigenvalue weighted by Crippen LogP contribution is -2.20. The van der Waals surface area contributed by atoms with Gasteiger partial charge in [-0.15, -0.1) is 0 Å². The zero-order valence-electron chi connectivity index (χ0n) is 19.3. The first-order valence-electron chi connectivity index (χ1n) is 10.5. The van der Waals surface area contributed by atoms with Gasteiger partial charge in [0.15, 0.2) is 5.17 Å². The number of para-hydroxylation sites is 1. The summed E-state index contributed by atoms with van der Waals surface area (Å²) < 4.78 is 14.7. The molecule has 0 aliphatic carbocycles. The van der Waals surface area contributed by atoms with Crippen molar-refractivity contribution < 1.29 is 9.50 Å². The minimum Gasteiger partial charge on any atom is -0.396 e. The Kier molecular flexibility index (Phi) is 10.3. The summed E-state index contributed by atoms with van der Waals surface area (Å²) in [5.74, 6) is -0.227. The first kappa shape index (κ1) is 26.8. The van der Waals surface area contributed by atoms with Gasteiger partial charge >= 0.3 is 0 Å². The number of nitrogens with one attached hydrogen (secondary N) is 3. The van der Waals surface area contributed by atoms with Gasteiger partial charge in [-0.1, -0.05) is 36.4 Å². The normalized spacial score (nSPS) is 12.3. The molecular formula is C25H30BrFN4OS. The molecule has 2 aromatic carbocycles. The van der Waals surface area contributed by atoms with Gasteiger partial charge < -0.3 is 15.3 Å². The maximum Gasteiger partial charge on any atom is 0.164 e. The molecule has 0 aliphatic heterocycles. The van der Waals surface area contributed by atoms with Gasteiger partial charge in [0.2, 0.25) is 0 Å². The summed E-state index contributed by atoms with van der Waals surface area (Å²) in [7, 11) is 1.93. The molecule has 4 N–H and O–H groups in total. The van der Waals surface area contributed by atoms with E-state index in [0.29, 0.717) is 22.2 Å². The van der Waals surface area contributed by atoms with Gasteiger partial charge in [0.1, 0.15) is 5.82 Å². The number of aryl methyl sites for hydroxylation is 1. The van der Waals surface area contributed by atoms with Gasteiger partial charge in [0.05, 0.1) is 5.04 Å². The van der Waals surface area contributed by atoms with Crippen molar-refractivity contribution in [2.75, 3.05) is 18.6 Å². The molecule has 0 radical (unpaired) electrons. The van der Waals surface area contributed by atoms with E-state index in [4.69, 9.17) is 10.8 Å². The lowest BCUT2D eigenvalue weighted by molar-refractivity contribution is 0.301. The van der Waals surface area contributed by atoms with E-state index in [1.54, 1.807) is 19.1 Å². The molecule has 2 rings (SSSR count). The topological polar surface area (TPSA) is 83.2 Å². The number of aliphatic hydroxyl groups is 1. The predicted molar refractivity (Wildman–Crippen MR) is 143 cm³/mol. The van der Waals surface area contributed by atoms with Crippen LogP contribution in [0, 0.1) is 23.6 Å². The van der Waals surface area contributed by atoms with Crippen molar-refractivity contribution in [1.29, 1.82) is 10.8 Å². The lowest BCUT2D eigenvalue weighted by Gasteiger charge is -2.24. The van der Waals surface area contributed by atoms with Crippen LogP contribution in [0.15, 0.2) is 59.8 Å². The molecule has 0 aromatic heterocycles. The molecule has 5 nitrogen and oxygen atoms in total. The summed E-state index contributed by atoms with van der Waals surface area (Å²) in [5, 5.41) is 29.6. The zero-order chi connectivity index (χ0) is 24.5. The van der Waals surface area contributed by atoms with E-state index in [0.717, 1.165) is 34.3 Å². The average molecular weight is 534 g/mol. The molecule has 176 valence electrons. The Morgan fingerprint density at radius 1 is 1.24 bits per heavy atom. The van der Waals surface area contributed by atoms with Crippen LogP contribution in [0.4, 0.5) is 10.1 Å². The van der Waals surface area contributed by atoms with E-state index in [-0.39, 0.29) is 29.1 Å². The van der Waals surface area contributed by atoms with E-state index >= 15 is 0 Å². The smallest absolute Gasteiger partial charge is 0.164 e. The van der Waals surface area contributed by atoms with E-state index in [1.807, 2.05) is 62.2 Å². The summed E-state index contributed by atoms with van der Waals surface area (Å²) in [5.41, 5.74) is 4.65. The van der Waals surface area contributed by atoms with E-state index in [2.05, 4.69) is 21.2 Å². The van der Waals surface area contributed by atoms with Crippen LogP contribution in [-0.4, -0.2) is 29.0 Å². The van der Waals surface area contributed by atoms with Crippen LogP contribution in [0.25, 0.3) is 4.48 Å². The van der Waals surface area contributed by atoms with Crippen LogP contribution >= 0.6 is 27.7 Å². The van der Waals surface area contributed by atoms with Crippen LogP contribution < -0.4 is 10.2 Å². The third-order valence-corrected chi connectivity index (χ3v) is 6.72. The van der Waals surface area contributed by atoms with Crippen molar-refractivity contribution in [3.63, 3.8) is 0 Å². The highest BCUT2D eigenvalue weighted by atomic mass is 79.9. The quantitative estimate of drug-likeness (QED) is 0.233. The molecule has 0 aliphatic rings. The van der Waals surface area contributed by atoms with Crippen molar-refractivity contribution in [2.45, 2.75) is 33.7 Å². The van der Waals surface area contributed by atoms with Crippen molar-refractivity contribution in [1.82, 2.24) is 5.32 Å². The van der Waals surface area contributed by atoms with Gasteiger partial charge in [0.25, 0.3) is 0 Å². The van der Waals surface area contributed by atoms with Crippen LogP contribution in [0.3, 0.4) is 0 Å². The number of benzene rings is 2. The second-order valence-corrected chi connectivity index (χ2v) is 9.39. The summed E-state index contributed by atoms with van der Waals surface area (Å²) in [4.78, 5) is 2.02. The number of allylic oxidation sites excluding steroid dienone is 2. The summed E-state index contributed by atoms with van der Waals surface area (Å²) in [6.45, 7) is 5.85. The average Bonchev–Trinajstić information content (AvgIpc) is 2.79. The van der Waals surface area contributed by atoms with Gasteiger partial charge in [-0.2, -0.15) is 0 Å². The highest BCUT2D eigenvalue weighted by Gasteiger charge is 2.18. The Balaban J connectivity index is 2.36. The Labute approximate surface area is 207 Å². The third-order valence-electron chi connectivity index (χ3n) is 5.06. The van der Waals surface area contributed by atoms with E-state index in [1.165, 1.54) is 0 Å². The highest BCUT2D eigenvalue weighted by Crippen LogP contribution is 2.36. The molecule has 8 heteroatoms. The molecule has 0 bridgehead atoms. The number of hydrogen-bond donors (Lipinski definition) is 4. The van der Waals surface area contributed by atoms with Crippen molar-refractivity contribution >= 4 is 48.1 Å². The van der Waals surface area contributed by atoms with Crippen molar-refractivity contribution in [2.24, 2.45) is 0 Å². The summed E-state index contributed by atoms with van der Waals surface area (Å²) >= 11 is 4.65. The first-order chi connectivity index (χ1) is 15.7. The van der Waals surface area contributed by atoms with Crippen LogP contribution in [0.5, 0.6) is 0 Å². The molecule has 0 fully saturated rings. The summed E-state index contributed by atoms with van der Waals surface area (Å²) in [6, 6.07) is 13.0. The van der Waals surface area contributed by atoms with Gasteiger partial charge in [-0.3, -0.25) is 10.8 Å². The van der Waals surface area contributed by atoms with Gasteiger partial charge in [-0.25, -0.2) is 4.39 Å². The predicted octanol–water partition coefficient (Wildman–Crippen LogP) is 6.42. The van der Waals surface area contributed by atoms with Gasteiger partial charge in [-0.05, 0) is 78.1 Å². The highest BCUT2D eigenvalue weighted by molar-refractivity contribution is 9.15. The van der Waals surface area contributed by atoms with Crippen LogP contribution in [-0.2, 0) is 6.54 Å². The molecule has 0 saturated heterocycles. The number of rotatable bonds is 8. The lowest BCUT2D eigenvalue weighted by atomic mass is 10.1. The number of anilines is 1. The zero-order valence-corrected chi connectivity index (χ0v) is 21.7. The molecule has 0 amide bonds. The Morgan fingerprint density at radius 2 is 1.94 bits per heavy atom. The number of hydrogen-bond acceptors (Lipinski definition) is 5. The number of amidine groups is 1. The van der Waals surface area contributed by atoms with Crippen molar-refractivity contribution in [3.8, 4) is 0 Å².